The van der Waals surface area contributed by atoms with Gasteiger partial charge in [0.1, 0.15) is 11.4 Å². The molecule has 1 N–H and O–H groups in total. The fourth-order valence-corrected chi connectivity index (χ4v) is 3.06. The highest BCUT2D eigenvalue weighted by atomic mass is 16.6. The first-order valence-electron chi connectivity index (χ1n) is 9.00. The van der Waals surface area contributed by atoms with E-state index in [1.165, 1.54) is 11.6 Å². The molecule has 0 bridgehead atoms. The fraction of sp³-hybridized carbons (Fsp3) is 0.667. The number of carbonyl (C=O) groups is 2. The first-order valence-corrected chi connectivity index (χ1v) is 9.00. The predicted octanol–water partition coefficient (Wildman–Crippen LogP) is 1.99. The summed E-state index contributed by atoms with van der Waals surface area (Å²) in [6.45, 7) is 8.06. The second-order valence-corrected chi connectivity index (χ2v) is 7.52. The Kier molecular flexibility index (Phi) is 6.12. The van der Waals surface area contributed by atoms with Crippen molar-refractivity contribution in [2.75, 3.05) is 19.7 Å². The zero-order valence-electron chi connectivity index (χ0n) is 16.4. The van der Waals surface area contributed by atoms with Crippen molar-refractivity contribution in [2.45, 2.75) is 52.1 Å². The fourth-order valence-electron chi connectivity index (χ4n) is 3.06. The molecule has 0 spiro atoms. The van der Waals surface area contributed by atoms with E-state index in [-0.39, 0.29) is 18.3 Å². The summed E-state index contributed by atoms with van der Waals surface area (Å²) in [6.07, 6.45) is 0.962. The molecule has 9 nitrogen and oxygen atoms in total. The molecule has 1 aromatic heterocycles. The van der Waals surface area contributed by atoms with Gasteiger partial charge in [-0.3, -0.25) is 9.36 Å². The summed E-state index contributed by atoms with van der Waals surface area (Å²) in [5, 5.41) is 9.42. The van der Waals surface area contributed by atoms with Gasteiger partial charge < -0.3 is 19.5 Å². The van der Waals surface area contributed by atoms with Crippen molar-refractivity contribution in [2.24, 2.45) is 7.05 Å². The van der Waals surface area contributed by atoms with Crippen LogP contribution in [0.15, 0.2) is 4.79 Å². The molecule has 9 heteroatoms. The molecule has 2 rings (SSSR count). The molecule has 0 radical (unpaired) electrons. The number of ether oxygens (including phenoxy) is 2. The first kappa shape index (κ1) is 20.7. The maximum atomic E-state index is 12.6. The summed E-state index contributed by atoms with van der Waals surface area (Å²) in [7, 11) is 1.53. The number of rotatable bonds is 4. The molecule has 1 saturated heterocycles. The van der Waals surface area contributed by atoms with Crippen molar-refractivity contribution >= 4 is 12.1 Å². The zero-order chi connectivity index (χ0) is 20.4. The van der Waals surface area contributed by atoms with Crippen LogP contribution in [0.3, 0.4) is 0 Å². The minimum atomic E-state index is -1.32. The lowest BCUT2D eigenvalue weighted by Crippen LogP contribution is -2.43. The highest BCUT2D eigenvalue weighted by molar-refractivity contribution is 5.88. The Morgan fingerprint density at radius 1 is 1.33 bits per heavy atom. The molecule has 27 heavy (non-hydrogen) atoms. The molecule has 1 aliphatic rings. The summed E-state index contributed by atoms with van der Waals surface area (Å²) in [6, 6.07) is 0. The molecule has 1 unspecified atom stereocenters. The molecule has 1 amide bonds. The number of piperidine rings is 1. The van der Waals surface area contributed by atoms with E-state index in [1.54, 1.807) is 32.6 Å². The van der Waals surface area contributed by atoms with E-state index in [0.717, 1.165) is 0 Å². The highest BCUT2D eigenvalue weighted by Crippen LogP contribution is 2.27. The van der Waals surface area contributed by atoms with Crippen LogP contribution in [0.1, 0.15) is 62.8 Å². The van der Waals surface area contributed by atoms with Gasteiger partial charge in [-0.05, 0) is 40.5 Å². The predicted molar refractivity (Wildman–Crippen MR) is 97.4 cm³/mol. The third-order valence-electron chi connectivity index (χ3n) is 4.21. The number of aromatic nitrogens is 2. The molecule has 0 aromatic carbocycles. The van der Waals surface area contributed by atoms with Crippen molar-refractivity contribution in [1.82, 2.24) is 14.5 Å². The van der Waals surface area contributed by atoms with Gasteiger partial charge in [0.15, 0.2) is 5.69 Å². The Bertz CT molecular complexity index is 781. The first-order chi connectivity index (χ1) is 12.5. The van der Waals surface area contributed by atoms with Crippen LogP contribution >= 0.6 is 0 Å². The normalized spacial score (nSPS) is 17.5. The molecule has 1 fully saturated rings. The van der Waals surface area contributed by atoms with Crippen molar-refractivity contribution in [1.29, 1.82) is 0 Å². The van der Waals surface area contributed by atoms with Gasteiger partial charge in [-0.15, -0.1) is 0 Å². The van der Waals surface area contributed by atoms with Gasteiger partial charge in [-0.1, -0.05) is 0 Å². The van der Waals surface area contributed by atoms with Crippen LogP contribution in [0, 0.1) is 0 Å². The number of carbonyl (C=O) groups excluding carboxylic acids is 1. The third-order valence-corrected chi connectivity index (χ3v) is 4.21. The average molecular weight is 381 g/mol. The molecule has 2 heterocycles. The van der Waals surface area contributed by atoms with Gasteiger partial charge in [0.2, 0.25) is 5.75 Å². The topological polar surface area (TPSA) is 111 Å². The van der Waals surface area contributed by atoms with Gasteiger partial charge in [-0.25, -0.2) is 14.6 Å². The van der Waals surface area contributed by atoms with Crippen LogP contribution in [-0.2, 0) is 11.8 Å². The number of hydrogen-bond acceptors (Lipinski definition) is 6. The lowest BCUT2D eigenvalue weighted by atomic mass is 9.97. The molecular formula is C18H27N3O6. The Morgan fingerprint density at radius 3 is 2.56 bits per heavy atom. The van der Waals surface area contributed by atoms with E-state index in [9.17, 15) is 19.5 Å². The second-order valence-electron chi connectivity index (χ2n) is 7.52. The molecule has 1 aromatic rings. The van der Waals surface area contributed by atoms with E-state index in [4.69, 9.17) is 9.47 Å². The van der Waals surface area contributed by atoms with Gasteiger partial charge >= 0.3 is 12.1 Å². The Balaban J connectivity index is 2.35. The Labute approximate surface area is 157 Å². The van der Waals surface area contributed by atoms with E-state index in [1.807, 2.05) is 0 Å². The SMILES string of the molecule is CCOc1c(C(=O)O)nc(C2CCCN(C(=O)OC(C)(C)C)C2)n(C)c1=O. The van der Waals surface area contributed by atoms with Crippen LogP contribution in [-0.4, -0.2) is 56.9 Å². The number of hydrogen-bond donors (Lipinski definition) is 1. The Morgan fingerprint density at radius 2 is 2.00 bits per heavy atom. The lowest BCUT2D eigenvalue weighted by molar-refractivity contribution is 0.0194. The lowest BCUT2D eigenvalue weighted by Gasteiger charge is -2.34. The number of aromatic carboxylic acids is 1. The van der Waals surface area contributed by atoms with Crippen LogP contribution in [0.2, 0.25) is 0 Å². The molecule has 0 saturated carbocycles. The van der Waals surface area contributed by atoms with Gasteiger partial charge in [-0.2, -0.15) is 0 Å². The minimum absolute atomic E-state index is 0.159. The largest absolute Gasteiger partial charge is 0.486 e. The van der Waals surface area contributed by atoms with Gasteiger partial charge in [0.05, 0.1) is 6.61 Å². The zero-order valence-corrected chi connectivity index (χ0v) is 16.4. The van der Waals surface area contributed by atoms with Crippen LogP contribution in [0.25, 0.3) is 0 Å². The Hall–Kier alpha value is -2.58. The minimum Gasteiger partial charge on any atom is -0.486 e. The van der Waals surface area contributed by atoms with Crippen LogP contribution < -0.4 is 10.3 Å². The van der Waals surface area contributed by atoms with E-state index >= 15 is 0 Å². The standard InChI is InChI=1S/C18H27N3O6/c1-6-26-13-12(16(23)24)19-14(20(5)15(13)22)11-8-7-9-21(10-11)17(25)27-18(2,3)4/h11H,6-10H2,1-5H3,(H,23,24). The van der Waals surface area contributed by atoms with Crippen molar-refractivity contribution in [3.05, 3.63) is 21.9 Å². The van der Waals surface area contributed by atoms with Gasteiger partial charge in [0, 0.05) is 26.1 Å². The molecular weight excluding hydrogens is 354 g/mol. The molecule has 0 aliphatic carbocycles. The summed E-state index contributed by atoms with van der Waals surface area (Å²) in [5.41, 5.74) is -1.55. The summed E-state index contributed by atoms with van der Waals surface area (Å²) in [4.78, 5) is 42.3. The highest BCUT2D eigenvalue weighted by Gasteiger charge is 2.32. The molecule has 1 atom stereocenters. The monoisotopic (exact) mass is 381 g/mol. The summed E-state index contributed by atoms with van der Waals surface area (Å²) in [5.74, 6) is -1.53. The average Bonchev–Trinajstić information content (AvgIpc) is 2.57. The van der Waals surface area contributed by atoms with Crippen molar-refractivity contribution < 1.29 is 24.2 Å². The second kappa shape index (κ2) is 7.98. The van der Waals surface area contributed by atoms with Crippen LogP contribution in [0.4, 0.5) is 4.79 Å². The summed E-state index contributed by atoms with van der Waals surface area (Å²) >= 11 is 0. The molecule has 1 aliphatic heterocycles. The number of carboxylic acid groups (broad SMARTS) is 1. The molecule has 150 valence electrons. The number of nitrogens with zero attached hydrogens (tertiary/aromatic N) is 3. The van der Waals surface area contributed by atoms with Gasteiger partial charge in [0.25, 0.3) is 5.56 Å². The quantitative estimate of drug-likeness (QED) is 0.849. The number of amides is 1. The number of carboxylic acids is 1. The maximum Gasteiger partial charge on any atom is 0.410 e. The van der Waals surface area contributed by atoms with E-state index in [2.05, 4.69) is 4.98 Å². The number of likely N-dealkylation sites (tertiary alicyclic amines) is 1. The van der Waals surface area contributed by atoms with E-state index < -0.39 is 28.9 Å². The smallest absolute Gasteiger partial charge is 0.410 e. The van der Waals surface area contributed by atoms with Crippen molar-refractivity contribution in [3.8, 4) is 5.75 Å². The maximum absolute atomic E-state index is 12.6. The van der Waals surface area contributed by atoms with E-state index in [0.29, 0.717) is 31.8 Å². The van der Waals surface area contributed by atoms with Crippen molar-refractivity contribution in [3.63, 3.8) is 0 Å². The summed E-state index contributed by atoms with van der Waals surface area (Å²) < 4.78 is 11.9. The third kappa shape index (κ3) is 4.78. The van der Waals surface area contributed by atoms with Crippen LogP contribution in [0.5, 0.6) is 5.75 Å².